The summed E-state index contributed by atoms with van der Waals surface area (Å²) in [5, 5.41) is 26.0. The van der Waals surface area contributed by atoms with Crippen LogP contribution < -0.4 is 25.2 Å². The molecule has 22 heteroatoms. The lowest BCUT2D eigenvalue weighted by Gasteiger charge is -2.39. The van der Waals surface area contributed by atoms with E-state index in [1.54, 1.807) is 60.4 Å². The van der Waals surface area contributed by atoms with Crippen molar-refractivity contribution in [1.29, 1.82) is 5.26 Å². The Balaban J connectivity index is 0.810. The number of carbonyl (C=O) groups is 4. The molecule has 0 radical (unpaired) electrons. The van der Waals surface area contributed by atoms with Crippen molar-refractivity contribution in [2.75, 3.05) is 75.4 Å². The number of likely N-dealkylation sites (tertiary alicyclic amines) is 1. The number of carbonyl (C=O) groups excluding carboxylic acids is 4. The van der Waals surface area contributed by atoms with Crippen LogP contribution in [0, 0.1) is 23.7 Å². The summed E-state index contributed by atoms with van der Waals surface area (Å²) in [5.74, 6) is -1.17. The fourth-order valence-electron chi connectivity index (χ4n) is 10.1. The van der Waals surface area contributed by atoms with Crippen LogP contribution in [-0.2, 0) is 34.8 Å². The number of halogens is 3. The number of nitrogens with zero attached hydrogens (tertiary/aromatic N) is 7. The molecule has 0 saturated carbocycles. The molecule has 17 nitrogen and oxygen atoms in total. The van der Waals surface area contributed by atoms with Crippen molar-refractivity contribution in [1.82, 2.24) is 30.3 Å². The maximum atomic E-state index is 14.3. The molecule has 0 aliphatic carbocycles. The number of aliphatic hydroxyl groups excluding tert-OH is 1. The molecule has 4 aliphatic rings. The monoisotopic (exact) mass is 1090 g/mol. The van der Waals surface area contributed by atoms with Gasteiger partial charge in [-0.1, -0.05) is 45.0 Å². The number of aryl methyl sites for hydroxylation is 1. The van der Waals surface area contributed by atoms with Crippen molar-refractivity contribution in [3.8, 4) is 22.3 Å². The average molecular weight is 1090 g/mol. The molecule has 0 bridgehead atoms. The Morgan fingerprint density at radius 1 is 0.961 bits per heavy atom. The van der Waals surface area contributed by atoms with Crippen molar-refractivity contribution in [2.45, 2.75) is 103 Å². The van der Waals surface area contributed by atoms with Gasteiger partial charge in [0.2, 0.25) is 17.7 Å². The lowest BCUT2D eigenvalue weighted by atomic mass is 9.85. The van der Waals surface area contributed by atoms with Gasteiger partial charge in [0.1, 0.15) is 36.1 Å². The van der Waals surface area contributed by atoms with E-state index in [9.17, 15) is 42.7 Å². The molecule has 5 heterocycles. The molecule has 406 valence electrons. The summed E-state index contributed by atoms with van der Waals surface area (Å²) in [7, 11) is 0. The number of hydrogen-bond donors (Lipinski definition) is 3. The van der Waals surface area contributed by atoms with Crippen LogP contribution >= 0.6 is 23.6 Å². The first kappa shape index (κ1) is 56.2. The van der Waals surface area contributed by atoms with Crippen LogP contribution in [0.4, 0.5) is 24.5 Å². The van der Waals surface area contributed by atoms with E-state index in [4.69, 9.17) is 26.4 Å². The fourth-order valence-corrected chi connectivity index (χ4v) is 11.5. The second kappa shape index (κ2) is 22.9. The first-order valence-corrected chi connectivity index (χ1v) is 26.5. The molecule has 6 atom stereocenters. The molecule has 4 amide bonds. The van der Waals surface area contributed by atoms with Crippen LogP contribution in [0.5, 0.6) is 5.75 Å². The van der Waals surface area contributed by atoms with Gasteiger partial charge in [0, 0.05) is 51.4 Å². The molecule has 0 unspecified atom stereocenters. The van der Waals surface area contributed by atoms with Gasteiger partial charge in [0.25, 0.3) is 5.91 Å². The first-order valence-electron chi connectivity index (χ1n) is 25.2. The number of thiazole rings is 1. The standard InChI is InChI=1S/C54H64F3N9O8S2/c1-32(34-8-10-35(11-9-34)46-33(2)59-31-76-46)60-48(69)44-23-39(67)25-64(44)49(70)47(52(3,4)5)61-45(68)29-63-19-20-72-41(27-63)26-62-18-21-73-42(28-62)30-74-40-16-14-37(15-17-40)66-51(75)65(50(71)53(66,6)7)38-13-12-36(24-58)43(22-38)54(55,56)57/h8-17,22,31-32,39,41-42,44,47,67H,18-21,23,25-30H2,1-7H3,(H,60,69)(H,61,68)/t32-,39+,41-,42+,44-,47+/m0/s1. The van der Waals surface area contributed by atoms with Crippen molar-refractivity contribution in [3.05, 3.63) is 94.6 Å². The van der Waals surface area contributed by atoms with Gasteiger partial charge in [0.15, 0.2) is 5.11 Å². The quantitative estimate of drug-likeness (QED) is 0.116. The predicted molar refractivity (Wildman–Crippen MR) is 283 cm³/mol. The zero-order chi connectivity index (χ0) is 54.9. The minimum absolute atomic E-state index is 0.0176. The molecule has 4 fully saturated rings. The van der Waals surface area contributed by atoms with Gasteiger partial charge in [-0.05, 0) is 98.9 Å². The van der Waals surface area contributed by atoms with Gasteiger partial charge in [0.05, 0.1) is 77.0 Å². The van der Waals surface area contributed by atoms with E-state index in [2.05, 4.69) is 20.5 Å². The molecule has 3 N–H and O–H groups in total. The van der Waals surface area contributed by atoms with Gasteiger partial charge < -0.3 is 39.8 Å². The third kappa shape index (κ3) is 12.5. The first-order chi connectivity index (χ1) is 35.9. The number of aliphatic hydroxyl groups is 1. The highest BCUT2D eigenvalue weighted by molar-refractivity contribution is 7.81. The SMILES string of the molecule is Cc1ncsc1-c1ccc([C@H](C)NC(=O)[C@@H]2C[C@@H](O)CN2C(=O)[C@@H](NC(=O)CN2CCO[C@@H](CN3CCO[C@@H](COc4ccc(N5C(=S)N(c6ccc(C#N)c(C(F)(F)F)c6)C(=O)C5(C)C)cc4)C3)C2)C(C)(C)C)cc1. The summed E-state index contributed by atoms with van der Waals surface area (Å²) < 4.78 is 59.8. The van der Waals surface area contributed by atoms with Crippen LogP contribution in [0.15, 0.2) is 72.2 Å². The number of rotatable bonds is 15. The summed E-state index contributed by atoms with van der Waals surface area (Å²) in [6.45, 7) is 16.5. The molecule has 3 aromatic carbocycles. The topological polar surface area (TPSA) is 193 Å². The van der Waals surface area contributed by atoms with Crippen LogP contribution in [0.25, 0.3) is 10.4 Å². The average Bonchev–Trinajstić information content (AvgIpc) is 4.07. The molecule has 0 spiro atoms. The molecule has 4 aromatic rings. The number of aromatic nitrogens is 1. The molecular weight excluding hydrogens is 1020 g/mol. The molecule has 1 aromatic heterocycles. The maximum absolute atomic E-state index is 14.3. The summed E-state index contributed by atoms with van der Waals surface area (Å²) in [5.41, 5.74) is 1.40. The Morgan fingerprint density at radius 3 is 2.26 bits per heavy atom. The van der Waals surface area contributed by atoms with Gasteiger partial charge in [-0.2, -0.15) is 18.4 Å². The van der Waals surface area contributed by atoms with Crippen molar-refractivity contribution in [2.24, 2.45) is 5.41 Å². The number of nitrogens with one attached hydrogen (secondary N) is 2. The van der Waals surface area contributed by atoms with E-state index < -0.39 is 58.3 Å². The Kier molecular flexibility index (Phi) is 16.9. The van der Waals surface area contributed by atoms with E-state index in [-0.39, 0.29) is 67.0 Å². The lowest BCUT2D eigenvalue weighted by Crippen LogP contribution is -2.59. The van der Waals surface area contributed by atoms with Gasteiger partial charge in [-0.3, -0.25) is 33.9 Å². The highest BCUT2D eigenvalue weighted by Gasteiger charge is 2.51. The number of alkyl halides is 3. The summed E-state index contributed by atoms with van der Waals surface area (Å²) in [6.07, 6.45) is -6.14. The Bertz CT molecular complexity index is 2840. The number of amides is 4. The third-order valence-electron chi connectivity index (χ3n) is 14.2. The Labute approximate surface area is 449 Å². The highest BCUT2D eigenvalue weighted by Crippen LogP contribution is 2.40. The minimum atomic E-state index is -4.82. The van der Waals surface area contributed by atoms with Crippen LogP contribution in [0.1, 0.15) is 76.4 Å². The van der Waals surface area contributed by atoms with Crippen molar-refractivity contribution >= 4 is 63.7 Å². The zero-order valence-electron chi connectivity index (χ0n) is 43.6. The highest BCUT2D eigenvalue weighted by atomic mass is 32.1. The largest absolute Gasteiger partial charge is 0.491 e. The number of anilines is 2. The molecule has 4 saturated heterocycles. The normalized spacial score (nSPS) is 22.3. The van der Waals surface area contributed by atoms with E-state index in [0.717, 1.165) is 38.7 Å². The number of thiocarbonyl (C=S) groups is 1. The van der Waals surface area contributed by atoms with E-state index >= 15 is 0 Å². The number of ether oxygens (including phenoxy) is 3. The predicted octanol–water partition coefficient (Wildman–Crippen LogP) is 6.08. The van der Waals surface area contributed by atoms with E-state index in [1.807, 2.05) is 69.3 Å². The number of nitriles is 1. The van der Waals surface area contributed by atoms with Crippen LogP contribution in [0.2, 0.25) is 0 Å². The molecular formula is C54H64F3N9O8S2. The number of morpholine rings is 2. The molecule has 4 aliphatic heterocycles. The minimum Gasteiger partial charge on any atom is -0.491 e. The smallest absolute Gasteiger partial charge is 0.417 e. The van der Waals surface area contributed by atoms with Crippen LogP contribution in [0.3, 0.4) is 0 Å². The molecule has 8 rings (SSSR count). The second-order valence-electron chi connectivity index (χ2n) is 21.3. The van der Waals surface area contributed by atoms with Gasteiger partial charge in [-0.15, -0.1) is 11.3 Å². The number of hydrogen-bond acceptors (Lipinski definition) is 14. The Hall–Kier alpha value is -6.06. The zero-order valence-corrected chi connectivity index (χ0v) is 45.2. The lowest BCUT2D eigenvalue weighted by molar-refractivity contribution is -0.144. The number of benzene rings is 3. The number of β-amino-alcohol motifs (C(OH)–C–C–N with tert-alkyl or cyclic N) is 1. The van der Waals surface area contributed by atoms with Crippen molar-refractivity contribution in [3.63, 3.8) is 0 Å². The van der Waals surface area contributed by atoms with Crippen molar-refractivity contribution < 1.29 is 51.7 Å². The Morgan fingerprint density at radius 2 is 1.62 bits per heavy atom. The summed E-state index contributed by atoms with van der Waals surface area (Å²) in [6, 6.07) is 17.1. The van der Waals surface area contributed by atoms with E-state index in [0.29, 0.717) is 57.4 Å². The summed E-state index contributed by atoms with van der Waals surface area (Å²) >= 11 is 7.25. The van der Waals surface area contributed by atoms with Crippen LogP contribution in [-0.4, -0.2) is 155 Å². The second-order valence-corrected chi connectivity index (χ2v) is 22.5. The maximum Gasteiger partial charge on any atom is 0.417 e. The van der Waals surface area contributed by atoms with Gasteiger partial charge >= 0.3 is 6.18 Å². The summed E-state index contributed by atoms with van der Waals surface area (Å²) in [4.78, 5) is 69.3. The van der Waals surface area contributed by atoms with E-state index in [1.165, 1.54) is 11.0 Å². The molecule has 76 heavy (non-hydrogen) atoms. The van der Waals surface area contributed by atoms with Gasteiger partial charge in [-0.25, -0.2) is 4.98 Å². The third-order valence-corrected chi connectivity index (χ3v) is 15.6. The fraction of sp³-hybridized carbons (Fsp3) is 0.500.